The third-order valence-electron chi connectivity index (χ3n) is 3.59. The molecule has 124 valence electrons. The summed E-state index contributed by atoms with van der Waals surface area (Å²) in [6.07, 6.45) is 0.999. The van der Waals surface area contributed by atoms with E-state index in [1.165, 1.54) is 5.56 Å². The second-order valence-electron chi connectivity index (χ2n) is 6.90. The Hall–Kier alpha value is -2.21. The lowest BCUT2D eigenvalue weighted by Gasteiger charge is -2.18. The topological polar surface area (TPSA) is 96.7 Å². The smallest absolute Gasteiger partial charge is 0.249 e. The molecular weight excluding hydrogens is 290 g/mol. The van der Waals surface area contributed by atoms with E-state index in [0.29, 0.717) is 18.7 Å². The average molecular weight is 315 g/mol. The summed E-state index contributed by atoms with van der Waals surface area (Å²) in [5.74, 6) is 0.790. The number of carbonyl (C=O) groups excluding carboxylic acids is 1. The quantitative estimate of drug-likeness (QED) is 0.790. The van der Waals surface area contributed by atoms with Crippen LogP contribution >= 0.6 is 0 Å². The number of anilines is 1. The van der Waals surface area contributed by atoms with Gasteiger partial charge in [-0.1, -0.05) is 45.0 Å². The van der Waals surface area contributed by atoms with Gasteiger partial charge in [0.1, 0.15) is 0 Å². The van der Waals surface area contributed by atoms with E-state index in [9.17, 15) is 4.79 Å². The molecule has 0 saturated heterocycles. The molecule has 2 aromatic rings. The molecule has 1 aromatic carbocycles. The van der Waals surface area contributed by atoms with Gasteiger partial charge in [0.25, 0.3) is 0 Å². The van der Waals surface area contributed by atoms with E-state index in [2.05, 4.69) is 53.4 Å². The maximum atomic E-state index is 11.8. The van der Waals surface area contributed by atoms with E-state index in [0.717, 1.165) is 5.56 Å². The zero-order valence-electron chi connectivity index (χ0n) is 14.2. The Morgan fingerprint density at radius 2 is 1.96 bits per heavy atom. The molecule has 1 aromatic heterocycles. The van der Waals surface area contributed by atoms with Crippen LogP contribution in [0.25, 0.3) is 11.4 Å². The van der Waals surface area contributed by atoms with Crippen molar-refractivity contribution in [1.82, 2.24) is 15.2 Å². The Labute approximate surface area is 136 Å². The largest absolute Gasteiger partial charge is 0.328 e. The summed E-state index contributed by atoms with van der Waals surface area (Å²) in [5, 5.41) is 9.56. The van der Waals surface area contributed by atoms with Crippen molar-refractivity contribution in [3.63, 3.8) is 0 Å². The molecule has 6 heteroatoms. The fraction of sp³-hybridized carbons (Fsp3) is 0.471. The molecule has 1 unspecified atom stereocenters. The maximum absolute atomic E-state index is 11.8. The molecule has 1 heterocycles. The highest BCUT2D eigenvalue weighted by atomic mass is 16.1. The molecule has 23 heavy (non-hydrogen) atoms. The average Bonchev–Trinajstić information content (AvgIpc) is 2.93. The number of aromatic nitrogens is 3. The van der Waals surface area contributed by atoms with Crippen LogP contribution in [0.5, 0.6) is 0 Å². The van der Waals surface area contributed by atoms with Crippen molar-refractivity contribution in [3.05, 3.63) is 29.8 Å². The number of aromatic amines is 1. The van der Waals surface area contributed by atoms with Crippen LogP contribution in [0.15, 0.2) is 24.3 Å². The monoisotopic (exact) mass is 315 g/mol. The molecule has 0 spiro atoms. The van der Waals surface area contributed by atoms with Gasteiger partial charge < -0.3 is 5.73 Å². The molecule has 0 saturated carbocycles. The van der Waals surface area contributed by atoms with Gasteiger partial charge in [0.2, 0.25) is 11.9 Å². The molecule has 6 nitrogen and oxygen atoms in total. The molecule has 1 atom stereocenters. The van der Waals surface area contributed by atoms with Gasteiger partial charge in [0.15, 0.2) is 5.82 Å². The number of benzene rings is 1. The van der Waals surface area contributed by atoms with Crippen molar-refractivity contribution in [2.24, 2.45) is 5.73 Å². The van der Waals surface area contributed by atoms with Crippen molar-refractivity contribution in [2.75, 3.05) is 5.32 Å². The van der Waals surface area contributed by atoms with Crippen LogP contribution in [0.1, 0.15) is 46.1 Å². The van der Waals surface area contributed by atoms with E-state index in [1.54, 1.807) is 0 Å². The zero-order valence-corrected chi connectivity index (χ0v) is 14.2. The van der Waals surface area contributed by atoms with Crippen LogP contribution < -0.4 is 11.1 Å². The summed E-state index contributed by atoms with van der Waals surface area (Å²) in [6.45, 7) is 8.39. The fourth-order valence-corrected chi connectivity index (χ4v) is 2.12. The first kappa shape index (κ1) is 17.1. The first-order valence-electron chi connectivity index (χ1n) is 7.84. The Balaban J connectivity index is 2.03. The molecule has 0 aliphatic rings. The molecule has 0 aliphatic heterocycles. The molecule has 2 rings (SSSR count). The Morgan fingerprint density at radius 3 is 2.52 bits per heavy atom. The Kier molecular flexibility index (Phi) is 5.15. The standard InChI is InChI=1S/C17H25N5O/c1-11(18)5-10-14(23)19-16-20-15(21-22-16)12-6-8-13(9-7-12)17(2,3)4/h6-9,11H,5,10,18H2,1-4H3,(H2,19,20,21,22,23). The second-order valence-corrected chi connectivity index (χ2v) is 6.90. The van der Waals surface area contributed by atoms with Crippen LogP contribution in [0, 0.1) is 0 Å². The number of rotatable bonds is 5. The Bertz CT molecular complexity index is 652. The molecule has 0 radical (unpaired) electrons. The third-order valence-corrected chi connectivity index (χ3v) is 3.59. The van der Waals surface area contributed by atoms with Crippen LogP contribution in [-0.2, 0) is 10.2 Å². The van der Waals surface area contributed by atoms with Crippen LogP contribution in [0.3, 0.4) is 0 Å². The highest BCUT2D eigenvalue weighted by Crippen LogP contribution is 2.24. The van der Waals surface area contributed by atoms with E-state index < -0.39 is 0 Å². The summed E-state index contributed by atoms with van der Waals surface area (Å²) >= 11 is 0. The van der Waals surface area contributed by atoms with Crippen LogP contribution in [-0.4, -0.2) is 27.1 Å². The van der Waals surface area contributed by atoms with Gasteiger partial charge in [-0.3, -0.25) is 15.2 Å². The minimum Gasteiger partial charge on any atom is -0.328 e. The van der Waals surface area contributed by atoms with Gasteiger partial charge in [0.05, 0.1) is 0 Å². The zero-order chi connectivity index (χ0) is 17.0. The molecule has 4 N–H and O–H groups in total. The number of nitrogens with zero attached hydrogens (tertiary/aromatic N) is 2. The first-order chi connectivity index (χ1) is 10.8. The molecule has 0 bridgehead atoms. The lowest BCUT2D eigenvalue weighted by Crippen LogP contribution is -2.19. The summed E-state index contributed by atoms with van der Waals surface area (Å²) in [4.78, 5) is 16.1. The molecular formula is C17H25N5O. The van der Waals surface area contributed by atoms with E-state index in [4.69, 9.17) is 5.73 Å². The third kappa shape index (κ3) is 4.89. The molecule has 1 amide bonds. The minimum atomic E-state index is -0.129. The van der Waals surface area contributed by atoms with Crippen LogP contribution in [0.4, 0.5) is 5.95 Å². The summed E-state index contributed by atoms with van der Waals surface area (Å²) in [6, 6.07) is 8.17. The molecule has 0 aliphatic carbocycles. The predicted molar refractivity (Wildman–Crippen MR) is 92.0 cm³/mol. The first-order valence-corrected chi connectivity index (χ1v) is 7.84. The summed E-state index contributed by atoms with van der Waals surface area (Å²) in [5.41, 5.74) is 7.94. The van der Waals surface area contributed by atoms with Crippen molar-refractivity contribution in [2.45, 2.75) is 52.0 Å². The highest BCUT2D eigenvalue weighted by molar-refractivity contribution is 5.89. The summed E-state index contributed by atoms with van der Waals surface area (Å²) < 4.78 is 0. The van der Waals surface area contributed by atoms with Gasteiger partial charge >= 0.3 is 0 Å². The van der Waals surface area contributed by atoms with E-state index in [1.807, 2.05) is 19.1 Å². The van der Waals surface area contributed by atoms with Crippen molar-refractivity contribution in [1.29, 1.82) is 0 Å². The number of carbonyl (C=O) groups is 1. The number of nitrogens with two attached hydrogens (primary N) is 1. The maximum Gasteiger partial charge on any atom is 0.249 e. The predicted octanol–water partition coefficient (Wildman–Crippen LogP) is 2.84. The lowest BCUT2D eigenvalue weighted by atomic mass is 9.87. The Morgan fingerprint density at radius 1 is 1.30 bits per heavy atom. The number of nitrogens with one attached hydrogen (secondary N) is 2. The van der Waals surface area contributed by atoms with Crippen molar-refractivity contribution in [3.8, 4) is 11.4 Å². The second kappa shape index (κ2) is 6.91. The number of amides is 1. The van der Waals surface area contributed by atoms with Gasteiger partial charge in [-0.2, -0.15) is 4.98 Å². The van der Waals surface area contributed by atoms with Gasteiger partial charge in [-0.15, -0.1) is 5.10 Å². The summed E-state index contributed by atoms with van der Waals surface area (Å²) in [7, 11) is 0. The number of hydrogen-bond acceptors (Lipinski definition) is 4. The van der Waals surface area contributed by atoms with Gasteiger partial charge in [-0.25, -0.2) is 0 Å². The van der Waals surface area contributed by atoms with E-state index >= 15 is 0 Å². The minimum absolute atomic E-state index is 0.00443. The lowest BCUT2D eigenvalue weighted by molar-refractivity contribution is -0.116. The fourth-order valence-electron chi connectivity index (χ4n) is 2.12. The highest BCUT2D eigenvalue weighted by Gasteiger charge is 2.14. The van der Waals surface area contributed by atoms with E-state index in [-0.39, 0.29) is 23.3 Å². The van der Waals surface area contributed by atoms with Gasteiger partial charge in [-0.05, 0) is 24.3 Å². The normalized spacial score (nSPS) is 12.9. The van der Waals surface area contributed by atoms with Crippen molar-refractivity contribution < 1.29 is 4.79 Å². The SMILES string of the molecule is CC(N)CCC(=O)Nc1n[nH]c(-c2ccc(C(C)(C)C)cc2)n1. The number of H-pyrrole nitrogens is 1. The molecule has 0 fully saturated rings. The number of hydrogen-bond donors (Lipinski definition) is 3. The van der Waals surface area contributed by atoms with Crippen LogP contribution in [0.2, 0.25) is 0 Å². The van der Waals surface area contributed by atoms with Crippen molar-refractivity contribution >= 4 is 11.9 Å². The van der Waals surface area contributed by atoms with Gasteiger partial charge in [0, 0.05) is 18.0 Å².